The van der Waals surface area contributed by atoms with Crippen molar-refractivity contribution in [3.05, 3.63) is 12.7 Å². The molecule has 1 rings (SSSR count). The monoisotopic (exact) mass is 198 g/mol. The minimum atomic E-state index is 0.0136. The molecule has 1 unspecified atom stereocenters. The second-order valence-corrected chi connectivity index (χ2v) is 3.49. The van der Waals surface area contributed by atoms with Crippen LogP contribution in [0.1, 0.15) is 6.42 Å². The average molecular weight is 198 g/mol. The second-order valence-electron chi connectivity index (χ2n) is 3.49. The number of hydrogen-bond acceptors (Lipinski definition) is 3. The molecule has 1 amide bonds. The van der Waals surface area contributed by atoms with Gasteiger partial charge in [-0.1, -0.05) is 6.08 Å². The zero-order chi connectivity index (χ0) is 10.4. The highest BCUT2D eigenvalue weighted by molar-refractivity contribution is 5.79. The van der Waals surface area contributed by atoms with Crippen molar-refractivity contribution in [1.29, 1.82) is 0 Å². The molecule has 0 aromatic rings. The number of aliphatic hydroxyl groups excluding tert-OH is 1. The number of hydrogen-bond donors (Lipinski definition) is 2. The molecule has 0 spiro atoms. The molecule has 0 aromatic heterocycles. The van der Waals surface area contributed by atoms with E-state index in [-0.39, 0.29) is 18.4 Å². The van der Waals surface area contributed by atoms with Gasteiger partial charge in [-0.3, -0.25) is 4.79 Å². The Morgan fingerprint density at radius 3 is 3.00 bits per heavy atom. The molecule has 0 radical (unpaired) electrons. The molecule has 1 atom stereocenters. The first kappa shape index (κ1) is 11.2. The SMILES string of the molecule is C=CCN(CCO)C(=O)C1CCNC1. The van der Waals surface area contributed by atoms with Crippen LogP contribution in [-0.4, -0.2) is 48.7 Å². The van der Waals surface area contributed by atoms with Gasteiger partial charge in [-0.15, -0.1) is 6.58 Å². The van der Waals surface area contributed by atoms with Crippen LogP contribution >= 0.6 is 0 Å². The summed E-state index contributed by atoms with van der Waals surface area (Å²) in [5.41, 5.74) is 0. The van der Waals surface area contributed by atoms with Gasteiger partial charge in [0.1, 0.15) is 0 Å². The van der Waals surface area contributed by atoms with Crippen LogP contribution in [-0.2, 0) is 4.79 Å². The van der Waals surface area contributed by atoms with Crippen molar-refractivity contribution in [2.45, 2.75) is 6.42 Å². The molecule has 0 aromatic carbocycles. The first-order valence-electron chi connectivity index (χ1n) is 5.01. The molecule has 80 valence electrons. The van der Waals surface area contributed by atoms with Crippen molar-refractivity contribution in [2.75, 3.05) is 32.8 Å². The summed E-state index contributed by atoms with van der Waals surface area (Å²) in [5.74, 6) is 0.213. The van der Waals surface area contributed by atoms with Crippen LogP contribution in [0.5, 0.6) is 0 Å². The van der Waals surface area contributed by atoms with Gasteiger partial charge in [-0.25, -0.2) is 0 Å². The molecule has 1 fully saturated rings. The molecule has 2 N–H and O–H groups in total. The Morgan fingerprint density at radius 1 is 1.71 bits per heavy atom. The standard InChI is InChI=1S/C10H18N2O2/c1-2-5-12(6-7-13)10(14)9-3-4-11-8-9/h2,9,11,13H,1,3-8H2. The summed E-state index contributed by atoms with van der Waals surface area (Å²) in [6.45, 7) is 6.22. The maximum absolute atomic E-state index is 11.9. The first-order valence-corrected chi connectivity index (χ1v) is 5.01. The number of nitrogens with one attached hydrogen (secondary N) is 1. The molecule has 1 aliphatic rings. The molecule has 4 heteroatoms. The Morgan fingerprint density at radius 2 is 2.50 bits per heavy atom. The molecule has 1 aliphatic heterocycles. The molecule has 4 nitrogen and oxygen atoms in total. The van der Waals surface area contributed by atoms with Crippen LogP contribution in [0.25, 0.3) is 0 Å². The number of rotatable bonds is 5. The van der Waals surface area contributed by atoms with Crippen molar-refractivity contribution in [3.63, 3.8) is 0 Å². The lowest BCUT2D eigenvalue weighted by Gasteiger charge is -2.23. The summed E-state index contributed by atoms with van der Waals surface area (Å²) in [5, 5.41) is 12.0. The van der Waals surface area contributed by atoms with Gasteiger partial charge in [0, 0.05) is 19.6 Å². The van der Waals surface area contributed by atoms with Crippen LogP contribution in [0.3, 0.4) is 0 Å². The summed E-state index contributed by atoms with van der Waals surface area (Å²) in [7, 11) is 0. The quantitative estimate of drug-likeness (QED) is 0.591. The highest BCUT2D eigenvalue weighted by atomic mass is 16.3. The second kappa shape index (κ2) is 5.78. The van der Waals surface area contributed by atoms with Crippen molar-refractivity contribution in [1.82, 2.24) is 10.2 Å². The lowest BCUT2D eigenvalue weighted by molar-refractivity contribution is -0.134. The molecule has 0 saturated carbocycles. The minimum Gasteiger partial charge on any atom is -0.395 e. The van der Waals surface area contributed by atoms with Crippen LogP contribution in [0.4, 0.5) is 0 Å². The van der Waals surface area contributed by atoms with Crippen LogP contribution in [0.2, 0.25) is 0 Å². The molecular formula is C10H18N2O2. The number of nitrogens with zero attached hydrogens (tertiary/aromatic N) is 1. The van der Waals surface area contributed by atoms with E-state index in [1.165, 1.54) is 0 Å². The largest absolute Gasteiger partial charge is 0.395 e. The fourth-order valence-electron chi connectivity index (χ4n) is 1.69. The van der Waals surface area contributed by atoms with E-state index >= 15 is 0 Å². The fourth-order valence-corrected chi connectivity index (χ4v) is 1.69. The maximum atomic E-state index is 11.9. The van der Waals surface area contributed by atoms with Gasteiger partial charge in [-0.05, 0) is 13.0 Å². The van der Waals surface area contributed by atoms with Crippen LogP contribution in [0, 0.1) is 5.92 Å². The number of carbonyl (C=O) groups is 1. The zero-order valence-electron chi connectivity index (χ0n) is 8.41. The van der Waals surface area contributed by atoms with Crippen molar-refractivity contribution in [3.8, 4) is 0 Å². The summed E-state index contributed by atoms with van der Waals surface area (Å²) in [6, 6.07) is 0. The van der Waals surface area contributed by atoms with E-state index < -0.39 is 0 Å². The van der Waals surface area contributed by atoms with Crippen LogP contribution < -0.4 is 5.32 Å². The highest BCUT2D eigenvalue weighted by Gasteiger charge is 2.25. The third-order valence-corrected chi connectivity index (χ3v) is 2.44. The summed E-state index contributed by atoms with van der Waals surface area (Å²) in [4.78, 5) is 13.5. The summed E-state index contributed by atoms with van der Waals surface area (Å²) >= 11 is 0. The van der Waals surface area contributed by atoms with E-state index in [2.05, 4.69) is 11.9 Å². The highest BCUT2D eigenvalue weighted by Crippen LogP contribution is 2.11. The van der Waals surface area contributed by atoms with Gasteiger partial charge < -0.3 is 15.3 Å². The summed E-state index contributed by atoms with van der Waals surface area (Å²) in [6.07, 6.45) is 2.59. The molecule has 1 heterocycles. The molecule has 14 heavy (non-hydrogen) atoms. The number of aliphatic hydroxyl groups is 1. The van der Waals surface area contributed by atoms with Gasteiger partial charge in [0.2, 0.25) is 5.91 Å². The average Bonchev–Trinajstić information content (AvgIpc) is 2.69. The molecule has 1 saturated heterocycles. The third kappa shape index (κ3) is 2.82. The third-order valence-electron chi connectivity index (χ3n) is 2.44. The van der Waals surface area contributed by atoms with Gasteiger partial charge in [-0.2, -0.15) is 0 Å². The predicted molar refractivity (Wildman–Crippen MR) is 54.8 cm³/mol. The molecular weight excluding hydrogens is 180 g/mol. The fraction of sp³-hybridized carbons (Fsp3) is 0.700. The van der Waals surface area contributed by atoms with E-state index in [0.717, 1.165) is 19.5 Å². The zero-order valence-corrected chi connectivity index (χ0v) is 8.41. The molecule has 0 bridgehead atoms. The molecule has 0 aliphatic carbocycles. The lowest BCUT2D eigenvalue weighted by atomic mass is 10.1. The Labute approximate surface area is 84.6 Å². The number of carbonyl (C=O) groups excluding carboxylic acids is 1. The normalized spacial score (nSPS) is 20.8. The maximum Gasteiger partial charge on any atom is 0.227 e. The first-order chi connectivity index (χ1) is 6.79. The van der Waals surface area contributed by atoms with Crippen molar-refractivity contribution >= 4 is 5.91 Å². The van der Waals surface area contributed by atoms with Gasteiger partial charge >= 0.3 is 0 Å². The van der Waals surface area contributed by atoms with E-state index in [1.807, 2.05) is 0 Å². The van der Waals surface area contributed by atoms with Gasteiger partial charge in [0.25, 0.3) is 0 Å². The van der Waals surface area contributed by atoms with Crippen LogP contribution in [0.15, 0.2) is 12.7 Å². The topological polar surface area (TPSA) is 52.6 Å². The number of amides is 1. The Balaban J connectivity index is 2.47. The Hall–Kier alpha value is -0.870. The van der Waals surface area contributed by atoms with Gasteiger partial charge in [0.05, 0.1) is 12.5 Å². The Kier molecular flexibility index (Phi) is 4.62. The van der Waals surface area contributed by atoms with E-state index in [9.17, 15) is 4.79 Å². The lowest BCUT2D eigenvalue weighted by Crippen LogP contribution is -2.38. The van der Waals surface area contributed by atoms with Gasteiger partial charge in [0.15, 0.2) is 0 Å². The predicted octanol–water partition coefficient (Wildman–Crippen LogP) is -0.397. The van der Waals surface area contributed by atoms with E-state index in [4.69, 9.17) is 5.11 Å². The van der Waals surface area contributed by atoms with Crippen molar-refractivity contribution < 1.29 is 9.90 Å². The van der Waals surface area contributed by atoms with E-state index in [1.54, 1.807) is 11.0 Å². The Bertz CT molecular complexity index is 200. The minimum absolute atomic E-state index is 0.0136. The summed E-state index contributed by atoms with van der Waals surface area (Å²) < 4.78 is 0. The smallest absolute Gasteiger partial charge is 0.227 e. The van der Waals surface area contributed by atoms with E-state index in [0.29, 0.717) is 13.1 Å². The van der Waals surface area contributed by atoms with Crippen molar-refractivity contribution in [2.24, 2.45) is 5.92 Å².